The van der Waals surface area contributed by atoms with Crippen molar-refractivity contribution in [3.63, 3.8) is 0 Å². The first-order chi connectivity index (χ1) is 16.9. The molecule has 9 heteroatoms. The van der Waals surface area contributed by atoms with E-state index < -0.39 is 11.5 Å². The van der Waals surface area contributed by atoms with Crippen molar-refractivity contribution >= 4 is 34.3 Å². The van der Waals surface area contributed by atoms with Crippen LogP contribution in [-0.4, -0.2) is 60.0 Å². The average molecular weight is 476 g/mol. The molecule has 3 heterocycles. The molecule has 1 aromatic carbocycles. The van der Waals surface area contributed by atoms with Crippen molar-refractivity contribution in [1.82, 2.24) is 14.9 Å². The minimum absolute atomic E-state index is 0.00986. The number of nitrogens with one attached hydrogen (secondary N) is 4. The van der Waals surface area contributed by atoms with Crippen LogP contribution in [0.5, 0.6) is 0 Å². The van der Waals surface area contributed by atoms with Crippen molar-refractivity contribution in [3.05, 3.63) is 70.4 Å². The van der Waals surface area contributed by atoms with Crippen LogP contribution in [0.4, 0.5) is 28.4 Å². The molecule has 0 unspecified atom stereocenters. The predicted molar refractivity (Wildman–Crippen MR) is 142 cm³/mol. The molecule has 0 spiro atoms. The maximum Gasteiger partial charge on any atom is 0.263 e. The van der Waals surface area contributed by atoms with E-state index in [2.05, 4.69) is 49.6 Å². The van der Waals surface area contributed by atoms with Crippen LogP contribution in [0.3, 0.4) is 0 Å². The van der Waals surface area contributed by atoms with E-state index in [4.69, 9.17) is 0 Å². The largest absolute Gasteiger partial charge is 0.387 e. The van der Waals surface area contributed by atoms with E-state index in [0.717, 1.165) is 43.1 Å². The second-order valence-electron chi connectivity index (χ2n) is 8.95. The summed E-state index contributed by atoms with van der Waals surface area (Å²) < 4.78 is 0. The zero-order valence-corrected chi connectivity index (χ0v) is 20.7. The number of carbonyl (C=O) groups excluding carboxylic acids is 1. The Kier molecular flexibility index (Phi) is 7.36. The molecule has 1 saturated heterocycles. The first kappa shape index (κ1) is 24.3. The molecular weight excluding hydrogens is 442 g/mol. The molecule has 1 aliphatic rings. The zero-order chi connectivity index (χ0) is 24.9. The predicted octanol–water partition coefficient (Wildman–Crippen LogP) is 3.65. The van der Waals surface area contributed by atoms with E-state index in [0.29, 0.717) is 23.1 Å². The molecule has 0 bridgehead atoms. The van der Waals surface area contributed by atoms with Crippen molar-refractivity contribution in [2.45, 2.75) is 26.8 Å². The third kappa shape index (κ3) is 5.46. The van der Waals surface area contributed by atoms with Crippen LogP contribution in [0.2, 0.25) is 0 Å². The van der Waals surface area contributed by atoms with Crippen molar-refractivity contribution in [1.29, 1.82) is 0 Å². The molecule has 35 heavy (non-hydrogen) atoms. The first-order valence-electron chi connectivity index (χ1n) is 11.9. The lowest BCUT2D eigenvalue weighted by Crippen LogP contribution is -2.48. The van der Waals surface area contributed by atoms with Gasteiger partial charge in [-0.05, 0) is 56.7 Å². The Hall–Kier alpha value is -3.85. The molecule has 0 saturated carbocycles. The van der Waals surface area contributed by atoms with Gasteiger partial charge in [0.1, 0.15) is 5.56 Å². The van der Waals surface area contributed by atoms with E-state index in [1.54, 1.807) is 18.5 Å². The molecule has 1 aliphatic heterocycles. The topological polar surface area (TPSA) is 105 Å². The Morgan fingerprint density at radius 3 is 2.34 bits per heavy atom. The van der Waals surface area contributed by atoms with Crippen molar-refractivity contribution in [2.24, 2.45) is 0 Å². The number of amides is 1. The number of hydrogen-bond acceptors (Lipinski definition) is 7. The molecule has 0 aliphatic carbocycles. The first-order valence-corrected chi connectivity index (χ1v) is 11.9. The monoisotopic (exact) mass is 475 g/mol. The number of aromatic nitrogens is 2. The fourth-order valence-corrected chi connectivity index (χ4v) is 4.30. The molecule has 0 atom stereocenters. The van der Waals surface area contributed by atoms with Crippen molar-refractivity contribution < 1.29 is 4.79 Å². The van der Waals surface area contributed by atoms with Gasteiger partial charge < -0.3 is 25.8 Å². The Bertz CT molecular complexity index is 1230. The lowest BCUT2D eigenvalue weighted by atomic mass is 10.1. The minimum Gasteiger partial charge on any atom is -0.387 e. The van der Waals surface area contributed by atoms with Gasteiger partial charge in [-0.15, -0.1) is 0 Å². The lowest BCUT2D eigenvalue weighted by Gasteiger charge is -2.38. The summed E-state index contributed by atoms with van der Waals surface area (Å²) in [5.41, 5.74) is 4.19. The van der Waals surface area contributed by atoms with Gasteiger partial charge in [-0.3, -0.25) is 19.5 Å². The molecular formula is C26H33N7O2. The number of pyridine rings is 2. The van der Waals surface area contributed by atoms with Crippen LogP contribution >= 0.6 is 0 Å². The van der Waals surface area contributed by atoms with Gasteiger partial charge in [-0.2, -0.15) is 0 Å². The second-order valence-corrected chi connectivity index (χ2v) is 8.95. The Balaban J connectivity index is 1.48. The van der Waals surface area contributed by atoms with Crippen LogP contribution in [0.15, 0.2) is 53.7 Å². The van der Waals surface area contributed by atoms with Crippen molar-refractivity contribution in [3.8, 4) is 0 Å². The molecule has 0 radical (unpaired) electrons. The SMILES string of the molecule is CNc1cncc(Nc2cc[nH]c(=O)c2C(=O)Nc2ccc(N3CCN(C(C)C)CC3)cc2)c1C. The fourth-order valence-electron chi connectivity index (χ4n) is 4.30. The summed E-state index contributed by atoms with van der Waals surface area (Å²) in [4.78, 5) is 37.4. The summed E-state index contributed by atoms with van der Waals surface area (Å²) >= 11 is 0. The van der Waals surface area contributed by atoms with Crippen LogP contribution in [0.1, 0.15) is 29.8 Å². The van der Waals surface area contributed by atoms with Gasteiger partial charge in [0.2, 0.25) is 0 Å². The van der Waals surface area contributed by atoms with Gasteiger partial charge in [0.25, 0.3) is 11.5 Å². The number of carbonyl (C=O) groups is 1. The summed E-state index contributed by atoms with van der Waals surface area (Å²) in [6, 6.07) is 9.98. The highest BCUT2D eigenvalue weighted by molar-refractivity contribution is 6.08. The van der Waals surface area contributed by atoms with Gasteiger partial charge in [-0.1, -0.05) is 0 Å². The standard InChI is InChI=1S/C26H33N7O2/c1-17(2)32-11-13-33(14-12-32)20-7-5-19(6-8-20)30-26(35)24-21(9-10-29-25(24)34)31-23-16-28-15-22(27-4)18(23)3/h5-10,15-17,27H,11-14H2,1-4H3,(H,30,35)(H2,29,31,34). The van der Waals surface area contributed by atoms with Gasteiger partial charge in [0.05, 0.1) is 29.5 Å². The summed E-state index contributed by atoms with van der Waals surface area (Å²) in [5, 5.41) is 9.14. The van der Waals surface area contributed by atoms with Crippen molar-refractivity contribution in [2.75, 3.05) is 54.1 Å². The fraction of sp³-hybridized carbons (Fsp3) is 0.346. The summed E-state index contributed by atoms with van der Waals surface area (Å²) in [5.74, 6) is -0.483. The molecule has 184 valence electrons. The highest BCUT2D eigenvalue weighted by atomic mass is 16.2. The van der Waals surface area contributed by atoms with Crippen LogP contribution in [0, 0.1) is 6.92 Å². The zero-order valence-electron chi connectivity index (χ0n) is 20.7. The minimum atomic E-state index is -0.483. The molecule has 1 fully saturated rings. The third-order valence-electron chi connectivity index (χ3n) is 6.48. The Labute approximate surface area is 205 Å². The molecule has 4 rings (SSSR count). The van der Waals surface area contributed by atoms with Gasteiger partial charge >= 0.3 is 0 Å². The van der Waals surface area contributed by atoms with E-state index in [-0.39, 0.29) is 5.56 Å². The molecule has 1 amide bonds. The van der Waals surface area contributed by atoms with E-state index in [9.17, 15) is 9.59 Å². The number of nitrogens with zero attached hydrogens (tertiary/aromatic N) is 3. The highest BCUT2D eigenvalue weighted by Gasteiger charge is 2.20. The number of rotatable bonds is 7. The lowest BCUT2D eigenvalue weighted by molar-refractivity contribution is 0.102. The van der Waals surface area contributed by atoms with Gasteiger partial charge in [0.15, 0.2) is 0 Å². The molecule has 4 N–H and O–H groups in total. The number of H-pyrrole nitrogens is 1. The van der Waals surface area contributed by atoms with E-state index >= 15 is 0 Å². The normalized spacial score (nSPS) is 14.1. The number of aromatic amines is 1. The quantitative estimate of drug-likeness (QED) is 0.413. The maximum atomic E-state index is 13.1. The number of anilines is 5. The van der Waals surface area contributed by atoms with Crippen LogP contribution < -0.4 is 26.4 Å². The molecule has 9 nitrogen and oxygen atoms in total. The number of piperazine rings is 1. The average Bonchev–Trinajstić information content (AvgIpc) is 2.86. The van der Waals surface area contributed by atoms with Gasteiger partial charge in [0, 0.05) is 56.8 Å². The number of hydrogen-bond donors (Lipinski definition) is 4. The third-order valence-corrected chi connectivity index (χ3v) is 6.48. The molecule has 2 aromatic heterocycles. The molecule has 3 aromatic rings. The van der Waals surface area contributed by atoms with E-state index in [1.807, 2.05) is 38.2 Å². The second kappa shape index (κ2) is 10.6. The summed E-state index contributed by atoms with van der Waals surface area (Å²) in [7, 11) is 1.82. The Morgan fingerprint density at radius 1 is 1.00 bits per heavy atom. The highest BCUT2D eigenvalue weighted by Crippen LogP contribution is 2.26. The van der Waals surface area contributed by atoms with E-state index in [1.165, 1.54) is 6.20 Å². The smallest absolute Gasteiger partial charge is 0.263 e. The summed E-state index contributed by atoms with van der Waals surface area (Å²) in [6.45, 7) is 10.4. The van der Waals surface area contributed by atoms with Gasteiger partial charge in [-0.25, -0.2) is 0 Å². The summed E-state index contributed by atoms with van der Waals surface area (Å²) in [6.07, 6.45) is 4.90. The number of benzene rings is 1. The Morgan fingerprint density at radius 2 is 1.69 bits per heavy atom. The maximum absolute atomic E-state index is 13.1. The van der Waals surface area contributed by atoms with Crippen LogP contribution in [-0.2, 0) is 0 Å². The van der Waals surface area contributed by atoms with Crippen LogP contribution in [0.25, 0.3) is 0 Å².